The molecule has 0 unspecified atom stereocenters. The third-order valence-electron chi connectivity index (χ3n) is 3.50. The quantitative estimate of drug-likeness (QED) is 0.905. The average molecular weight is 321 g/mol. The lowest BCUT2D eigenvalue weighted by atomic mass is 10.2. The van der Waals surface area contributed by atoms with Crippen molar-refractivity contribution in [1.29, 1.82) is 0 Å². The van der Waals surface area contributed by atoms with E-state index in [2.05, 4.69) is 5.32 Å². The number of hydrogen-bond donors (Lipinski definition) is 1. The number of benzene rings is 2. The summed E-state index contributed by atoms with van der Waals surface area (Å²) in [4.78, 5) is 14.1. The number of nitrogens with zero attached hydrogens (tertiary/aromatic N) is 1. The Kier molecular flexibility index (Phi) is 5.52. The molecule has 0 aliphatic carbocycles. The minimum Gasteiger partial charge on any atom is -0.322 e. The van der Waals surface area contributed by atoms with E-state index in [0.717, 1.165) is 5.56 Å². The topological polar surface area (TPSA) is 32.3 Å². The third kappa shape index (κ3) is 4.29. The highest BCUT2D eigenvalue weighted by atomic mass is 35.5. The van der Waals surface area contributed by atoms with Gasteiger partial charge in [0.2, 0.25) is 5.91 Å². The second kappa shape index (κ2) is 7.38. The van der Waals surface area contributed by atoms with Crippen molar-refractivity contribution in [2.24, 2.45) is 0 Å². The maximum absolute atomic E-state index is 13.7. The van der Waals surface area contributed by atoms with Gasteiger partial charge >= 0.3 is 0 Å². The lowest BCUT2D eigenvalue weighted by Crippen LogP contribution is -2.39. The van der Waals surface area contributed by atoms with Gasteiger partial charge in [0.25, 0.3) is 0 Å². The van der Waals surface area contributed by atoms with E-state index in [-0.39, 0.29) is 11.6 Å². The van der Waals surface area contributed by atoms with Crippen LogP contribution in [0.3, 0.4) is 0 Å². The molecule has 2 aromatic rings. The number of anilines is 1. The maximum Gasteiger partial charge on any atom is 0.241 e. The van der Waals surface area contributed by atoms with Gasteiger partial charge < -0.3 is 5.32 Å². The Bertz CT molecular complexity index is 648. The van der Waals surface area contributed by atoms with Crippen LogP contribution in [0, 0.1) is 5.82 Å². The molecular formula is C17H18ClFN2O. The van der Waals surface area contributed by atoms with Crippen LogP contribution in [0.2, 0.25) is 5.02 Å². The summed E-state index contributed by atoms with van der Waals surface area (Å²) in [6, 6.07) is 13.6. The fourth-order valence-electron chi connectivity index (χ4n) is 2.04. The largest absolute Gasteiger partial charge is 0.322 e. The second-order valence-corrected chi connectivity index (χ2v) is 5.63. The van der Waals surface area contributed by atoms with Crippen molar-refractivity contribution in [2.75, 3.05) is 12.4 Å². The summed E-state index contributed by atoms with van der Waals surface area (Å²) < 4.78 is 13.7. The summed E-state index contributed by atoms with van der Waals surface area (Å²) in [6.45, 7) is 2.42. The Hall–Kier alpha value is -1.91. The molecule has 1 atom stereocenters. The minimum atomic E-state index is -0.543. The Morgan fingerprint density at radius 1 is 1.27 bits per heavy atom. The number of likely N-dealkylation sites (N-methyl/N-ethyl adjacent to an activating group) is 1. The lowest BCUT2D eigenvalue weighted by molar-refractivity contribution is -0.120. The zero-order chi connectivity index (χ0) is 16.1. The summed E-state index contributed by atoms with van der Waals surface area (Å²) in [5, 5.41) is 2.89. The number of halogens is 2. The van der Waals surface area contributed by atoms with E-state index in [1.807, 2.05) is 42.3 Å². The van der Waals surface area contributed by atoms with Crippen LogP contribution in [0.15, 0.2) is 48.5 Å². The molecule has 1 N–H and O–H groups in total. The van der Waals surface area contributed by atoms with Gasteiger partial charge in [-0.2, -0.15) is 0 Å². The number of carbonyl (C=O) groups excluding carboxylic acids is 1. The van der Waals surface area contributed by atoms with Crippen LogP contribution in [-0.2, 0) is 11.3 Å². The van der Waals surface area contributed by atoms with Crippen LogP contribution < -0.4 is 5.32 Å². The summed E-state index contributed by atoms with van der Waals surface area (Å²) in [5.74, 6) is -0.807. The van der Waals surface area contributed by atoms with Crippen LogP contribution in [0.5, 0.6) is 0 Å². The van der Waals surface area contributed by atoms with Crippen LogP contribution in [0.25, 0.3) is 0 Å². The van der Waals surface area contributed by atoms with Crippen LogP contribution >= 0.6 is 11.6 Å². The third-order valence-corrected chi connectivity index (χ3v) is 3.74. The van der Waals surface area contributed by atoms with E-state index in [4.69, 9.17) is 11.6 Å². The molecule has 0 aliphatic rings. The number of carbonyl (C=O) groups is 1. The SMILES string of the molecule is C[C@@H](C(=O)Nc1ccc(Cl)cc1F)N(C)Cc1ccccc1. The van der Waals surface area contributed by atoms with Crippen molar-refractivity contribution in [1.82, 2.24) is 4.90 Å². The fourth-order valence-corrected chi connectivity index (χ4v) is 2.20. The number of amides is 1. The second-order valence-electron chi connectivity index (χ2n) is 5.19. The maximum atomic E-state index is 13.7. The Morgan fingerprint density at radius 3 is 2.59 bits per heavy atom. The van der Waals surface area contributed by atoms with Crippen molar-refractivity contribution < 1.29 is 9.18 Å². The van der Waals surface area contributed by atoms with Crippen molar-refractivity contribution in [3.63, 3.8) is 0 Å². The van der Waals surface area contributed by atoms with E-state index in [0.29, 0.717) is 11.6 Å². The molecular weight excluding hydrogens is 303 g/mol. The minimum absolute atomic E-state index is 0.134. The standard InChI is InChI=1S/C17H18ClFN2O/c1-12(21(2)11-13-6-4-3-5-7-13)17(22)20-16-9-8-14(18)10-15(16)19/h3-10,12H,11H2,1-2H3,(H,20,22)/t12-/m0/s1. The van der Waals surface area contributed by atoms with Gasteiger partial charge in [-0.15, -0.1) is 0 Å². The van der Waals surface area contributed by atoms with Gasteiger partial charge in [-0.25, -0.2) is 4.39 Å². The molecule has 2 aromatic carbocycles. The number of nitrogens with one attached hydrogen (secondary N) is 1. The van der Waals surface area contributed by atoms with E-state index in [1.165, 1.54) is 12.1 Å². The van der Waals surface area contributed by atoms with Crippen LogP contribution in [-0.4, -0.2) is 23.9 Å². The van der Waals surface area contributed by atoms with Gasteiger partial charge in [-0.3, -0.25) is 9.69 Å². The van der Waals surface area contributed by atoms with Gasteiger partial charge in [0, 0.05) is 11.6 Å². The van der Waals surface area contributed by atoms with Gasteiger partial charge in [-0.05, 0) is 37.7 Å². The van der Waals surface area contributed by atoms with Crippen molar-refractivity contribution in [2.45, 2.75) is 19.5 Å². The monoisotopic (exact) mass is 320 g/mol. The van der Waals surface area contributed by atoms with Gasteiger partial charge in [0.15, 0.2) is 0 Å². The molecule has 116 valence electrons. The van der Waals surface area contributed by atoms with E-state index in [9.17, 15) is 9.18 Å². The highest BCUT2D eigenvalue weighted by Gasteiger charge is 2.19. The van der Waals surface area contributed by atoms with Crippen molar-refractivity contribution >= 4 is 23.2 Å². The molecule has 0 spiro atoms. The van der Waals surface area contributed by atoms with Gasteiger partial charge in [-0.1, -0.05) is 41.9 Å². The fraction of sp³-hybridized carbons (Fsp3) is 0.235. The Labute approximate surface area is 134 Å². The van der Waals surface area contributed by atoms with E-state index in [1.54, 1.807) is 13.0 Å². The molecule has 0 fully saturated rings. The predicted molar refractivity (Wildman–Crippen MR) is 87.4 cm³/mol. The van der Waals surface area contributed by atoms with Crippen LogP contribution in [0.4, 0.5) is 10.1 Å². The summed E-state index contributed by atoms with van der Waals surface area (Å²) >= 11 is 5.70. The van der Waals surface area contributed by atoms with E-state index >= 15 is 0 Å². The zero-order valence-electron chi connectivity index (χ0n) is 12.5. The first-order chi connectivity index (χ1) is 10.5. The molecule has 5 heteroatoms. The predicted octanol–water partition coefficient (Wildman–Crippen LogP) is 3.94. The van der Waals surface area contributed by atoms with Gasteiger partial charge in [0.05, 0.1) is 11.7 Å². The number of rotatable bonds is 5. The first-order valence-electron chi connectivity index (χ1n) is 6.97. The molecule has 0 saturated carbocycles. The molecule has 0 heterocycles. The molecule has 0 aromatic heterocycles. The molecule has 0 radical (unpaired) electrons. The molecule has 2 rings (SSSR count). The smallest absolute Gasteiger partial charge is 0.241 e. The molecule has 0 bridgehead atoms. The molecule has 1 amide bonds. The van der Waals surface area contributed by atoms with Gasteiger partial charge in [0.1, 0.15) is 5.82 Å². The highest BCUT2D eigenvalue weighted by molar-refractivity contribution is 6.30. The number of hydrogen-bond acceptors (Lipinski definition) is 2. The Balaban J connectivity index is 1.99. The summed E-state index contributed by atoms with van der Waals surface area (Å²) in [7, 11) is 1.86. The molecule has 3 nitrogen and oxygen atoms in total. The summed E-state index contributed by atoms with van der Waals surface area (Å²) in [5.41, 5.74) is 1.25. The molecule has 0 saturated heterocycles. The van der Waals surface area contributed by atoms with Crippen molar-refractivity contribution in [3.8, 4) is 0 Å². The lowest BCUT2D eigenvalue weighted by Gasteiger charge is -2.24. The normalized spacial score (nSPS) is 12.2. The zero-order valence-corrected chi connectivity index (χ0v) is 13.3. The first-order valence-corrected chi connectivity index (χ1v) is 7.35. The molecule has 22 heavy (non-hydrogen) atoms. The summed E-state index contributed by atoms with van der Waals surface area (Å²) in [6.07, 6.45) is 0. The van der Waals surface area contributed by atoms with E-state index < -0.39 is 11.9 Å². The highest BCUT2D eigenvalue weighted by Crippen LogP contribution is 2.19. The van der Waals surface area contributed by atoms with Crippen LogP contribution in [0.1, 0.15) is 12.5 Å². The first kappa shape index (κ1) is 16.5. The Morgan fingerprint density at radius 2 is 1.95 bits per heavy atom. The average Bonchev–Trinajstić information content (AvgIpc) is 2.50. The van der Waals surface area contributed by atoms with Crippen molar-refractivity contribution in [3.05, 3.63) is 64.9 Å². The molecule has 0 aliphatic heterocycles.